The Morgan fingerprint density at radius 3 is 2.14 bits per heavy atom. The molecule has 0 spiro atoms. The van der Waals surface area contributed by atoms with Crippen LogP contribution in [0.15, 0.2) is 42.5 Å². The van der Waals surface area contributed by atoms with Crippen LogP contribution in [0.1, 0.15) is 50.7 Å². The maximum absolute atomic E-state index is 11.6. The molecule has 0 fully saturated rings. The Balaban J connectivity index is 1.71. The van der Waals surface area contributed by atoms with E-state index in [4.69, 9.17) is 14.2 Å². The number of rotatable bonds is 7. The van der Waals surface area contributed by atoms with Gasteiger partial charge in [0.25, 0.3) is 0 Å². The lowest BCUT2D eigenvalue weighted by Gasteiger charge is -2.19. The summed E-state index contributed by atoms with van der Waals surface area (Å²) in [6.45, 7) is 4.29. The van der Waals surface area contributed by atoms with Gasteiger partial charge in [-0.1, -0.05) is 26.0 Å². The molecule has 1 aliphatic heterocycles. The molecule has 0 N–H and O–H groups in total. The molecule has 3 rings (SSSR count). The Morgan fingerprint density at radius 1 is 0.893 bits per heavy atom. The largest absolute Gasteiger partial charge is 0.488 e. The van der Waals surface area contributed by atoms with Gasteiger partial charge in [0.15, 0.2) is 0 Å². The summed E-state index contributed by atoms with van der Waals surface area (Å²) in [6, 6.07) is 12.8. The maximum Gasteiger partial charge on any atom is 0.311 e. The van der Waals surface area contributed by atoms with Crippen LogP contribution in [0.25, 0.3) is 11.6 Å². The fourth-order valence-corrected chi connectivity index (χ4v) is 2.88. The Bertz CT molecular complexity index is 880. The highest BCUT2D eigenvalue weighted by atomic mass is 16.5. The molecule has 5 nitrogen and oxygen atoms in total. The summed E-state index contributed by atoms with van der Waals surface area (Å²) in [5.74, 6) is 1.26. The van der Waals surface area contributed by atoms with E-state index in [1.807, 2.05) is 32.0 Å². The monoisotopic (exact) mass is 380 g/mol. The van der Waals surface area contributed by atoms with Crippen molar-refractivity contribution < 1.29 is 23.8 Å². The van der Waals surface area contributed by atoms with E-state index in [1.165, 1.54) is 0 Å². The summed E-state index contributed by atoms with van der Waals surface area (Å²) in [4.78, 5) is 23.2. The summed E-state index contributed by atoms with van der Waals surface area (Å²) in [7, 11) is 0. The number of hydrogen-bond donors (Lipinski definition) is 0. The highest BCUT2D eigenvalue weighted by molar-refractivity contribution is 5.86. The van der Waals surface area contributed by atoms with Gasteiger partial charge in [-0.3, -0.25) is 9.59 Å². The Kier molecular flexibility index (Phi) is 6.48. The van der Waals surface area contributed by atoms with Crippen molar-refractivity contribution in [2.24, 2.45) is 0 Å². The second kappa shape index (κ2) is 9.22. The van der Waals surface area contributed by atoms with Gasteiger partial charge in [0.1, 0.15) is 23.9 Å². The predicted octanol–water partition coefficient (Wildman–Crippen LogP) is 5.03. The highest BCUT2D eigenvalue weighted by Gasteiger charge is 2.15. The van der Waals surface area contributed by atoms with Gasteiger partial charge in [0.05, 0.1) is 0 Å². The molecule has 0 unspecified atom stereocenters. The summed E-state index contributed by atoms with van der Waals surface area (Å²) in [5, 5.41) is 0. The molecule has 1 heterocycles. The van der Waals surface area contributed by atoms with E-state index < -0.39 is 0 Å². The zero-order valence-electron chi connectivity index (χ0n) is 16.2. The number of hydrogen-bond acceptors (Lipinski definition) is 5. The lowest BCUT2D eigenvalue weighted by atomic mass is 10.0. The van der Waals surface area contributed by atoms with Crippen LogP contribution >= 0.6 is 0 Å². The molecule has 0 bridgehead atoms. The SMILES string of the molecule is CCCC(=O)Oc1ccc(C2=Cc3ccc(OC(=O)CCC)cc3OC2)cc1. The van der Waals surface area contributed by atoms with Crippen molar-refractivity contribution in [3.63, 3.8) is 0 Å². The number of esters is 2. The van der Waals surface area contributed by atoms with Crippen molar-refractivity contribution in [2.45, 2.75) is 39.5 Å². The van der Waals surface area contributed by atoms with Gasteiger partial charge < -0.3 is 14.2 Å². The second-order valence-electron chi connectivity index (χ2n) is 6.63. The highest BCUT2D eigenvalue weighted by Crippen LogP contribution is 2.34. The molecule has 1 aliphatic rings. The van der Waals surface area contributed by atoms with Crippen LogP contribution in [-0.2, 0) is 9.59 Å². The molecule has 0 aliphatic carbocycles. The van der Waals surface area contributed by atoms with Gasteiger partial charge in [-0.25, -0.2) is 0 Å². The average Bonchev–Trinajstić information content (AvgIpc) is 2.68. The van der Waals surface area contributed by atoms with Crippen LogP contribution in [0, 0.1) is 0 Å². The van der Waals surface area contributed by atoms with Crippen LogP contribution in [0.5, 0.6) is 17.2 Å². The first-order chi connectivity index (χ1) is 13.6. The first-order valence-electron chi connectivity index (χ1n) is 9.58. The summed E-state index contributed by atoms with van der Waals surface area (Å²) < 4.78 is 16.5. The number of carbonyl (C=O) groups is 2. The molecule has 28 heavy (non-hydrogen) atoms. The fraction of sp³-hybridized carbons (Fsp3) is 0.304. The average molecular weight is 380 g/mol. The van der Waals surface area contributed by atoms with E-state index in [9.17, 15) is 9.59 Å². The van der Waals surface area contributed by atoms with Crippen LogP contribution < -0.4 is 14.2 Å². The quantitative estimate of drug-likeness (QED) is 0.498. The standard InChI is InChI=1S/C23H24O5/c1-3-5-22(24)27-19-10-7-16(8-11-19)18-13-17-9-12-20(14-21(17)26-15-18)28-23(25)6-4-2/h7-14H,3-6,15H2,1-2H3. The topological polar surface area (TPSA) is 61.8 Å². The molecule has 0 saturated carbocycles. The van der Waals surface area contributed by atoms with Crippen molar-refractivity contribution in [1.82, 2.24) is 0 Å². The molecule has 0 atom stereocenters. The van der Waals surface area contributed by atoms with Crippen molar-refractivity contribution in [2.75, 3.05) is 6.61 Å². The van der Waals surface area contributed by atoms with Crippen LogP contribution in [0.3, 0.4) is 0 Å². The van der Waals surface area contributed by atoms with E-state index in [2.05, 4.69) is 6.08 Å². The molecule has 0 saturated heterocycles. The van der Waals surface area contributed by atoms with Crippen LogP contribution in [-0.4, -0.2) is 18.5 Å². The number of fused-ring (bicyclic) bond motifs is 1. The van der Waals surface area contributed by atoms with Gasteiger partial charge in [-0.05, 0) is 54.3 Å². The lowest BCUT2D eigenvalue weighted by Crippen LogP contribution is -2.09. The van der Waals surface area contributed by atoms with E-state index >= 15 is 0 Å². The normalized spacial score (nSPS) is 12.4. The van der Waals surface area contributed by atoms with E-state index in [1.54, 1.807) is 24.3 Å². The van der Waals surface area contributed by atoms with Gasteiger partial charge >= 0.3 is 11.9 Å². The Hall–Kier alpha value is -3.08. The summed E-state index contributed by atoms with van der Waals surface area (Å²) in [5.41, 5.74) is 2.95. The third-order valence-electron chi connectivity index (χ3n) is 4.29. The number of benzene rings is 2. The molecule has 2 aromatic rings. The predicted molar refractivity (Wildman–Crippen MR) is 107 cm³/mol. The van der Waals surface area contributed by atoms with Gasteiger partial charge in [-0.15, -0.1) is 0 Å². The molecule has 5 heteroatoms. The first kappa shape index (κ1) is 19.7. The van der Waals surface area contributed by atoms with Crippen LogP contribution in [0.2, 0.25) is 0 Å². The second-order valence-corrected chi connectivity index (χ2v) is 6.63. The Labute approximate surface area is 164 Å². The van der Waals surface area contributed by atoms with Gasteiger partial charge in [0.2, 0.25) is 0 Å². The smallest absolute Gasteiger partial charge is 0.311 e. The number of carbonyl (C=O) groups excluding carboxylic acids is 2. The lowest BCUT2D eigenvalue weighted by molar-refractivity contribution is -0.135. The van der Waals surface area contributed by atoms with E-state index in [0.717, 1.165) is 29.5 Å². The van der Waals surface area contributed by atoms with Gasteiger partial charge in [0, 0.05) is 24.5 Å². The molecule has 0 amide bonds. The fourth-order valence-electron chi connectivity index (χ4n) is 2.88. The Morgan fingerprint density at radius 2 is 1.50 bits per heavy atom. The third kappa shape index (κ3) is 5.00. The van der Waals surface area contributed by atoms with E-state index in [0.29, 0.717) is 36.7 Å². The molecule has 0 radical (unpaired) electrons. The zero-order chi connectivity index (χ0) is 19.9. The minimum Gasteiger partial charge on any atom is -0.488 e. The zero-order valence-corrected chi connectivity index (χ0v) is 16.2. The molecule has 0 aromatic heterocycles. The molecule has 2 aromatic carbocycles. The summed E-state index contributed by atoms with van der Waals surface area (Å²) in [6.07, 6.45) is 4.37. The maximum atomic E-state index is 11.6. The van der Waals surface area contributed by atoms with Crippen LogP contribution in [0.4, 0.5) is 0 Å². The minimum atomic E-state index is -0.241. The van der Waals surface area contributed by atoms with Crippen molar-refractivity contribution in [3.8, 4) is 17.2 Å². The van der Waals surface area contributed by atoms with E-state index in [-0.39, 0.29) is 11.9 Å². The summed E-state index contributed by atoms with van der Waals surface area (Å²) >= 11 is 0. The minimum absolute atomic E-state index is 0.222. The van der Waals surface area contributed by atoms with Crippen molar-refractivity contribution >= 4 is 23.6 Å². The number of ether oxygens (including phenoxy) is 3. The van der Waals surface area contributed by atoms with Gasteiger partial charge in [-0.2, -0.15) is 0 Å². The molecule has 146 valence electrons. The first-order valence-corrected chi connectivity index (χ1v) is 9.58. The molecular weight excluding hydrogens is 356 g/mol. The van der Waals surface area contributed by atoms with Crippen molar-refractivity contribution in [3.05, 3.63) is 53.6 Å². The van der Waals surface area contributed by atoms with Crippen molar-refractivity contribution in [1.29, 1.82) is 0 Å². The third-order valence-corrected chi connectivity index (χ3v) is 4.29. The molecular formula is C23H24O5.